The Balaban J connectivity index is 1.77. The third kappa shape index (κ3) is 2.66. The fourth-order valence-corrected chi connectivity index (χ4v) is 2.71. The number of fused-ring (bicyclic) bond motifs is 1. The molecule has 0 radical (unpaired) electrons. The van der Waals surface area contributed by atoms with Crippen LogP contribution in [0.3, 0.4) is 0 Å². The van der Waals surface area contributed by atoms with Gasteiger partial charge in [0, 0.05) is 28.4 Å². The van der Waals surface area contributed by atoms with Gasteiger partial charge in [0.1, 0.15) is 0 Å². The smallest absolute Gasteiger partial charge is 0.0454 e. The van der Waals surface area contributed by atoms with Gasteiger partial charge in [-0.05, 0) is 59.8 Å². The number of aromatic nitrogens is 1. The average molecular weight is 315 g/mol. The van der Waals surface area contributed by atoms with Crippen LogP contribution >= 0.6 is 15.9 Å². The van der Waals surface area contributed by atoms with E-state index in [0.29, 0.717) is 0 Å². The van der Waals surface area contributed by atoms with Crippen LogP contribution in [0, 0.1) is 6.92 Å². The molecule has 1 aromatic heterocycles. The van der Waals surface area contributed by atoms with Crippen LogP contribution < -0.4 is 5.32 Å². The molecule has 1 heterocycles. The van der Waals surface area contributed by atoms with Crippen LogP contribution in [-0.4, -0.2) is 4.98 Å². The molecule has 0 bridgehead atoms. The predicted molar refractivity (Wildman–Crippen MR) is 84.5 cm³/mol. The Hall–Kier alpha value is -1.74. The molecule has 0 aliphatic carbocycles. The van der Waals surface area contributed by atoms with E-state index in [2.05, 4.69) is 75.6 Å². The molecule has 2 nitrogen and oxygen atoms in total. The largest absolute Gasteiger partial charge is 0.381 e. The van der Waals surface area contributed by atoms with Crippen molar-refractivity contribution in [1.29, 1.82) is 0 Å². The van der Waals surface area contributed by atoms with Gasteiger partial charge in [-0.2, -0.15) is 0 Å². The monoisotopic (exact) mass is 314 g/mol. The third-order valence-electron chi connectivity index (χ3n) is 3.29. The van der Waals surface area contributed by atoms with Gasteiger partial charge in [-0.15, -0.1) is 0 Å². The number of aromatic amines is 1. The lowest BCUT2D eigenvalue weighted by molar-refractivity contribution is 1.14. The van der Waals surface area contributed by atoms with Crippen LogP contribution in [0.15, 0.2) is 53.1 Å². The first-order valence-electron chi connectivity index (χ1n) is 6.28. The van der Waals surface area contributed by atoms with E-state index in [1.54, 1.807) is 0 Å². The van der Waals surface area contributed by atoms with Gasteiger partial charge in [-0.3, -0.25) is 0 Å². The van der Waals surface area contributed by atoms with E-state index in [-0.39, 0.29) is 0 Å². The summed E-state index contributed by atoms with van der Waals surface area (Å²) in [4.78, 5) is 3.21. The lowest BCUT2D eigenvalue weighted by Gasteiger charge is -2.10. The molecule has 0 spiro atoms. The van der Waals surface area contributed by atoms with Crippen LogP contribution in [0.25, 0.3) is 10.9 Å². The molecule has 2 aromatic carbocycles. The van der Waals surface area contributed by atoms with Crippen LogP contribution in [0.1, 0.15) is 11.1 Å². The summed E-state index contributed by atoms with van der Waals surface area (Å²) >= 11 is 3.48. The molecule has 0 saturated heterocycles. The van der Waals surface area contributed by atoms with Crippen molar-refractivity contribution in [2.45, 2.75) is 13.5 Å². The number of anilines is 1. The van der Waals surface area contributed by atoms with Crippen LogP contribution in [0.5, 0.6) is 0 Å². The Bertz CT molecular complexity index is 716. The molecule has 0 unspecified atom stereocenters. The third-order valence-corrected chi connectivity index (χ3v) is 3.78. The van der Waals surface area contributed by atoms with E-state index in [1.165, 1.54) is 27.7 Å². The molecular formula is C16H15BrN2. The molecule has 96 valence electrons. The summed E-state index contributed by atoms with van der Waals surface area (Å²) in [6.07, 6.45) is 1.97. The summed E-state index contributed by atoms with van der Waals surface area (Å²) in [5.41, 5.74) is 4.90. The molecular weight excluding hydrogens is 300 g/mol. The molecule has 0 fully saturated rings. The van der Waals surface area contributed by atoms with Gasteiger partial charge >= 0.3 is 0 Å². The quantitative estimate of drug-likeness (QED) is 0.710. The van der Waals surface area contributed by atoms with E-state index in [0.717, 1.165) is 11.0 Å². The average Bonchev–Trinajstić information content (AvgIpc) is 2.85. The Morgan fingerprint density at radius 1 is 1.11 bits per heavy atom. The summed E-state index contributed by atoms with van der Waals surface area (Å²) in [5, 5.41) is 4.74. The molecule has 19 heavy (non-hydrogen) atoms. The maximum atomic E-state index is 3.48. The molecule has 0 aliphatic rings. The van der Waals surface area contributed by atoms with Crippen LogP contribution in [0.2, 0.25) is 0 Å². The summed E-state index contributed by atoms with van der Waals surface area (Å²) in [6, 6.07) is 14.9. The zero-order chi connectivity index (χ0) is 13.2. The number of hydrogen-bond donors (Lipinski definition) is 2. The van der Waals surface area contributed by atoms with Gasteiger partial charge in [0.05, 0.1) is 0 Å². The van der Waals surface area contributed by atoms with Crippen molar-refractivity contribution in [3.05, 3.63) is 64.3 Å². The fraction of sp³-hybridized carbons (Fsp3) is 0.125. The number of halogens is 1. The highest BCUT2D eigenvalue weighted by atomic mass is 79.9. The van der Waals surface area contributed by atoms with Gasteiger partial charge in [0.15, 0.2) is 0 Å². The SMILES string of the molecule is Cc1cc(Br)ccc1NCc1ccc2[nH]ccc2c1. The number of rotatable bonds is 3. The summed E-state index contributed by atoms with van der Waals surface area (Å²) in [5.74, 6) is 0. The van der Waals surface area contributed by atoms with Gasteiger partial charge in [-0.1, -0.05) is 22.0 Å². The summed E-state index contributed by atoms with van der Waals surface area (Å²) in [6.45, 7) is 2.95. The van der Waals surface area contributed by atoms with E-state index in [4.69, 9.17) is 0 Å². The minimum atomic E-state index is 0.837. The number of aryl methyl sites for hydroxylation is 1. The van der Waals surface area contributed by atoms with E-state index < -0.39 is 0 Å². The minimum Gasteiger partial charge on any atom is -0.381 e. The van der Waals surface area contributed by atoms with Gasteiger partial charge in [0.2, 0.25) is 0 Å². The topological polar surface area (TPSA) is 27.8 Å². The molecule has 3 rings (SSSR count). The number of H-pyrrole nitrogens is 1. The first kappa shape index (κ1) is 12.3. The first-order valence-corrected chi connectivity index (χ1v) is 7.08. The first-order chi connectivity index (χ1) is 9.22. The summed E-state index contributed by atoms with van der Waals surface area (Å²) < 4.78 is 1.12. The van der Waals surface area contributed by atoms with Crippen molar-refractivity contribution >= 4 is 32.5 Å². The van der Waals surface area contributed by atoms with Crippen LogP contribution in [0.4, 0.5) is 5.69 Å². The van der Waals surface area contributed by atoms with Gasteiger partial charge in [0.25, 0.3) is 0 Å². The van der Waals surface area contributed by atoms with Crippen LogP contribution in [-0.2, 0) is 6.54 Å². The fourth-order valence-electron chi connectivity index (χ4n) is 2.24. The van der Waals surface area contributed by atoms with Crippen molar-refractivity contribution in [3.63, 3.8) is 0 Å². The Labute approximate surface area is 121 Å². The molecule has 3 aromatic rings. The molecule has 0 saturated carbocycles. The second kappa shape index (κ2) is 5.10. The van der Waals surface area contributed by atoms with Crippen molar-refractivity contribution < 1.29 is 0 Å². The van der Waals surface area contributed by atoms with E-state index in [9.17, 15) is 0 Å². The van der Waals surface area contributed by atoms with E-state index >= 15 is 0 Å². The molecule has 0 atom stereocenters. The van der Waals surface area contributed by atoms with Gasteiger partial charge < -0.3 is 10.3 Å². The number of hydrogen-bond acceptors (Lipinski definition) is 1. The van der Waals surface area contributed by atoms with Crippen molar-refractivity contribution in [2.24, 2.45) is 0 Å². The zero-order valence-corrected chi connectivity index (χ0v) is 12.3. The number of nitrogens with one attached hydrogen (secondary N) is 2. The normalized spacial score (nSPS) is 10.8. The Kier molecular flexibility index (Phi) is 3.30. The van der Waals surface area contributed by atoms with Crippen molar-refractivity contribution in [1.82, 2.24) is 4.98 Å². The van der Waals surface area contributed by atoms with E-state index in [1.807, 2.05) is 6.20 Å². The Morgan fingerprint density at radius 3 is 2.84 bits per heavy atom. The lowest BCUT2D eigenvalue weighted by atomic mass is 10.1. The second-order valence-corrected chi connectivity index (χ2v) is 5.63. The zero-order valence-electron chi connectivity index (χ0n) is 10.7. The lowest BCUT2D eigenvalue weighted by Crippen LogP contribution is -2.00. The molecule has 3 heteroatoms. The number of benzene rings is 2. The molecule has 0 aliphatic heterocycles. The summed E-state index contributed by atoms with van der Waals surface area (Å²) in [7, 11) is 0. The highest BCUT2D eigenvalue weighted by Crippen LogP contribution is 2.21. The highest BCUT2D eigenvalue weighted by molar-refractivity contribution is 9.10. The maximum absolute atomic E-state index is 3.48. The second-order valence-electron chi connectivity index (χ2n) is 4.71. The standard InChI is InChI=1S/C16H15BrN2/c1-11-8-14(17)3-5-15(11)19-10-12-2-4-16-13(9-12)6-7-18-16/h2-9,18-19H,10H2,1H3. The Morgan fingerprint density at radius 2 is 2.00 bits per heavy atom. The predicted octanol–water partition coefficient (Wildman–Crippen LogP) is 4.85. The van der Waals surface area contributed by atoms with Crippen molar-refractivity contribution in [3.8, 4) is 0 Å². The highest BCUT2D eigenvalue weighted by Gasteiger charge is 2.00. The van der Waals surface area contributed by atoms with Crippen molar-refractivity contribution in [2.75, 3.05) is 5.32 Å². The minimum absolute atomic E-state index is 0.837. The molecule has 2 N–H and O–H groups in total. The molecule has 0 amide bonds. The maximum Gasteiger partial charge on any atom is 0.0454 e. The van der Waals surface area contributed by atoms with Gasteiger partial charge in [-0.25, -0.2) is 0 Å².